The standard InChI is InChI=1S/C19H21ClN2O6/c1-11(23)19(2,3)21-18(24)12-5-7-16(17(9-12)27-4)28-15-8-6-13(20)10-14(15)22(25)26/h5-11,23H,1-4H3,(H,21,24)/t11-/m1/s1. The highest BCUT2D eigenvalue weighted by atomic mass is 35.5. The molecular weight excluding hydrogens is 388 g/mol. The molecule has 9 heteroatoms. The van der Waals surface area contributed by atoms with Gasteiger partial charge in [-0.05, 0) is 51.1 Å². The summed E-state index contributed by atoms with van der Waals surface area (Å²) in [6.07, 6.45) is -0.758. The largest absolute Gasteiger partial charge is 0.493 e. The Hall–Kier alpha value is -2.84. The highest BCUT2D eigenvalue weighted by molar-refractivity contribution is 6.30. The van der Waals surface area contributed by atoms with Gasteiger partial charge in [0.15, 0.2) is 11.5 Å². The van der Waals surface area contributed by atoms with E-state index >= 15 is 0 Å². The van der Waals surface area contributed by atoms with Crippen molar-refractivity contribution in [3.8, 4) is 17.2 Å². The maximum absolute atomic E-state index is 12.5. The number of methoxy groups -OCH3 is 1. The minimum atomic E-state index is -0.830. The lowest BCUT2D eigenvalue weighted by Gasteiger charge is -2.29. The second kappa shape index (κ2) is 8.45. The van der Waals surface area contributed by atoms with E-state index in [0.717, 1.165) is 0 Å². The van der Waals surface area contributed by atoms with Crippen molar-refractivity contribution in [2.45, 2.75) is 32.4 Å². The van der Waals surface area contributed by atoms with Gasteiger partial charge in [-0.25, -0.2) is 0 Å². The molecule has 1 atom stereocenters. The average Bonchev–Trinajstić information content (AvgIpc) is 2.62. The van der Waals surface area contributed by atoms with Crippen LogP contribution in [0.25, 0.3) is 0 Å². The van der Waals surface area contributed by atoms with Gasteiger partial charge in [-0.15, -0.1) is 0 Å². The van der Waals surface area contributed by atoms with Gasteiger partial charge in [0, 0.05) is 16.7 Å². The van der Waals surface area contributed by atoms with Crippen LogP contribution in [0.1, 0.15) is 31.1 Å². The summed E-state index contributed by atoms with van der Waals surface area (Å²) in [6.45, 7) is 4.98. The minimum Gasteiger partial charge on any atom is -0.493 e. The lowest BCUT2D eigenvalue weighted by atomic mass is 9.98. The number of amides is 1. The first kappa shape index (κ1) is 21.5. The molecule has 0 aliphatic carbocycles. The Balaban J connectivity index is 2.32. The molecule has 0 aliphatic heterocycles. The molecular formula is C19H21ClN2O6. The number of aliphatic hydroxyl groups excluding tert-OH is 1. The van der Waals surface area contributed by atoms with E-state index in [4.69, 9.17) is 21.1 Å². The van der Waals surface area contributed by atoms with Gasteiger partial charge in [0.2, 0.25) is 5.75 Å². The molecule has 0 saturated carbocycles. The zero-order chi connectivity index (χ0) is 21.1. The number of ether oxygens (including phenoxy) is 2. The summed E-state index contributed by atoms with van der Waals surface area (Å²) in [7, 11) is 1.39. The zero-order valence-electron chi connectivity index (χ0n) is 15.9. The van der Waals surface area contributed by atoms with E-state index in [1.165, 1.54) is 43.5 Å². The Morgan fingerprint density at radius 2 is 1.86 bits per heavy atom. The van der Waals surface area contributed by atoms with E-state index in [2.05, 4.69) is 5.32 Å². The van der Waals surface area contributed by atoms with Crippen LogP contribution in [-0.4, -0.2) is 34.7 Å². The Morgan fingerprint density at radius 3 is 2.43 bits per heavy atom. The predicted octanol–water partition coefficient (Wildman–Crippen LogP) is 3.94. The number of nitrogens with zero attached hydrogens (tertiary/aromatic N) is 1. The van der Waals surface area contributed by atoms with Gasteiger partial charge < -0.3 is 19.9 Å². The summed E-state index contributed by atoms with van der Waals surface area (Å²) in [5, 5.41) is 23.9. The number of rotatable bonds is 7. The maximum atomic E-state index is 12.5. The van der Waals surface area contributed by atoms with E-state index < -0.39 is 22.5 Å². The van der Waals surface area contributed by atoms with Gasteiger partial charge in [0.25, 0.3) is 5.91 Å². The summed E-state index contributed by atoms with van der Waals surface area (Å²) in [5.74, 6) is -0.0145. The third kappa shape index (κ3) is 4.90. The Morgan fingerprint density at radius 1 is 1.21 bits per heavy atom. The number of nitrogens with one attached hydrogen (secondary N) is 1. The SMILES string of the molecule is COc1cc(C(=O)NC(C)(C)[C@@H](C)O)ccc1Oc1ccc(Cl)cc1[N+](=O)[O-]. The molecule has 1 amide bonds. The van der Waals surface area contributed by atoms with E-state index in [1.54, 1.807) is 20.8 Å². The monoisotopic (exact) mass is 408 g/mol. The highest BCUT2D eigenvalue weighted by Crippen LogP contribution is 2.37. The molecule has 0 aromatic heterocycles. The quantitative estimate of drug-likeness (QED) is 0.530. The number of hydrogen-bond donors (Lipinski definition) is 2. The number of nitro groups is 1. The van der Waals surface area contributed by atoms with Crippen molar-refractivity contribution in [3.63, 3.8) is 0 Å². The first-order valence-corrected chi connectivity index (χ1v) is 8.73. The fourth-order valence-corrected chi connectivity index (χ4v) is 2.37. The third-order valence-corrected chi connectivity index (χ3v) is 4.48. The molecule has 2 aromatic carbocycles. The smallest absolute Gasteiger partial charge is 0.313 e. The second-order valence-electron chi connectivity index (χ2n) is 6.69. The summed E-state index contributed by atoms with van der Waals surface area (Å²) in [6, 6.07) is 8.45. The van der Waals surface area contributed by atoms with E-state index in [1.807, 2.05) is 0 Å². The van der Waals surface area contributed by atoms with Gasteiger partial charge in [-0.2, -0.15) is 0 Å². The van der Waals surface area contributed by atoms with Crippen molar-refractivity contribution >= 4 is 23.2 Å². The Labute approximate surface area is 167 Å². The summed E-state index contributed by atoms with van der Waals surface area (Å²) in [4.78, 5) is 23.1. The normalized spacial score (nSPS) is 12.2. The van der Waals surface area contributed by atoms with Crippen LogP contribution in [0, 0.1) is 10.1 Å². The van der Waals surface area contributed by atoms with Crippen LogP contribution in [0.2, 0.25) is 5.02 Å². The van der Waals surface area contributed by atoms with E-state index in [-0.39, 0.29) is 33.5 Å². The molecule has 0 fully saturated rings. The summed E-state index contributed by atoms with van der Waals surface area (Å²) >= 11 is 5.81. The fourth-order valence-electron chi connectivity index (χ4n) is 2.20. The van der Waals surface area contributed by atoms with Crippen LogP contribution in [0.3, 0.4) is 0 Å². The average molecular weight is 409 g/mol. The molecule has 2 rings (SSSR count). The first-order valence-electron chi connectivity index (χ1n) is 8.35. The number of carbonyl (C=O) groups excluding carboxylic acids is 1. The van der Waals surface area contributed by atoms with Crippen LogP contribution >= 0.6 is 11.6 Å². The molecule has 0 saturated heterocycles. The minimum absolute atomic E-state index is 0.0138. The van der Waals surface area contributed by atoms with Crippen LogP contribution in [0.4, 0.5) is 5.69 Å². The van der Waals surface area contributed by atoms with Crippen molar-refractivity contribution in [2.24, 2.45) is 0 Å². The molecule has 0 aliphatic rings. The van der Waals surface area contributed by atoms with Gasteiger partial charge in [-0.3, -0.25) is 14.9 Å². The van der Waals surface area contributed by atoms with Crippen LogP contribution in [-0.2, 0) is 0 Å². The molecule has 0 bridgehead atoms. The molecule has 2 aromatic rings. The lowest BCUT2D eigenvalue weighted by molar-refractivity contribution is -0.385. The Bertz CT molecular complexity index is 898. The van der Waals surface area contributed by atoms with Crippen molar-refractivity contribution in [2.75, 3.05) is 7.11 Å². The fraction of sp³-hybridized carbons (Fsp3) is 0.316. The van der Waals surface area contributed by atoms with Crippen molar-refractivity contribution in [1.29, 1.82) is 0 Å². The molecule has 150 valence electrons. The maximum Gasteiger partial charge on any atom is 0.313 e. The number of halogens is 1. The van der Waals surface area contributed by atoms with Crippen molar-refractivity contribution < 1.29 is 24.3 Å². The lowest BCUT2D eigenvalue weighted by Crippen LogP contribution is -2.50. The van der Waals surface area contributed by atoms with Gasteiger partial charge in [0.05, 0.1) is 23.7 Å². The molecule has 0 unspecified atom stereocenters. The topological polar surface area (TPSA) is 111 Å². The van der Waals surface area contributed by atoms with E-state index in [0.29, 0.717) is 0 Å². The molecule has 2 N–H and O–H groups in total. The van der Waals surface area contributed by atoms with Crippen LogP contribution in [0.15, 0.2) is 36.4 Å². The zero-order valence-corrected chi connectivity index (χ0v) is 16.6. The van der Waals surface area contributed by atoms with Gasteiger partial charge in [-0.1, -0.05) is 11.6 Å². The third-order valence-electron chi connectivity index (χ3n) is 4.24. The molecule has 0 heterocycles. The molecule has 0 spiro atoms. The Kier molecular flexibility index (Phi) is 6.48. The molecule has 8 nitrogen and oxygen atoms in total. The van der Waals surface area contributed by atoms with E-state index in [9.17, 15) is 20.0 Å². The van der Waals surface area contributed by atoms with Gasteiger partial charge in [0.1, 0.15) is 0 Å². The first-order chi connectivity index (χ1) is 13.0. The van der Waals surface area contributed by atoms with Crippen molar-refractivity contribution in [3.05, 3.63) is 57.1 Å². The predicted molar refractivity (Wildman–Crippen MR) is 104 cm³/mol. The molecule has 28 heavy (non-hydrogen) atoms. The van der Waals surface area contributed by atoms with Crippen LogP contribution in [0.5, 0.6) is 17.2 Å². The second-order valence-corrected chi connectivity index (χ2v) is 7.13. The summed E-state index contributed by atoms with van der Waals surface area (Å²) in [5.41, 5.74) is -0.845. The number of benzene rings is 2. The number of hydrogen-bond acceptors (Lipinski definition) is 6. The number of aliphatic hydroxyl groups is 1. The number of carbonyl (C=O) groups is 1. The molecule has 0 radical (unpaired) electrons. The highest BCUT2D eigenvalue weighted by Gasteiger charge is 2.27. The summed E-state index contributed by atoms with van der Waals surface area (Å²) < 4.78 is 10.9. The number of nitro benzene ring substituents is 1. The van der Waals surface area contributed by atoms with Crippen molar-refractivity contribution in [1.82, 2.24) is 5.32 Å². The van der Waals surface area contributed by atoms with Crippen LogP contribution < -0.4 is 14.8 Å². The van der Waals surface area contributed by atoms with Gasteiger partial charge >= 0.3 is 5.69 Å².